The lowest BCUT2D eigenvalue weighted by molar-refractivity contribution is -0.123. The summed E-state index contributed by atoms with van der Waals surface area (Å²) in [4.78, 5) is 11.2. The minimum absolute atomic E-state index is 0.0858. The largest absolute Gasteiger partial charge is 0.355 e. The molecule has 0 aliphatic carbocycles. The molecule has 3 nitrogen and oxygen atoms in total. The van der Waals surface area contributed by atoms with Crippen LogP contribution in [0.15, 0.2) is 0 Å². The van der Waals surface area contributed by atoms with Crippen molar-refractivity contribution in [3.05, 3.63) is 0 Å². The van der Waals surface area contributed by atoms with E-state index in [2.05, 4.69) is 24.5 Å². The molecular formula is C12H26N2O. The average Bonchev–Trinajstić information content (AvgIpc) is 2.22. The highest BCUT2D eigenvalue weighted by molar-refractivity contribution is 5.77. The Morgan fingerprint density at radius 2 is 1.87 bits per heavy atom. The van der Waals surface area contributed by atoms with Crippen molar-refractivity contribution in [3.63, 3.8) is 0 Å². The molecule has 0 heterocycles. The van der Waals surface area contributed by atoms with Crippen molar-refractivity contribution in [1.29, 1.82) is 0 Å². The second kappa shape index (κ2) is 8.72. The molecule has 2 N–H and O–H groups in total. The van der Waals surface area contributed by atoms with E-state index in [0.717, 1.165) is 19.5 Å². The SMILES string of the molecule is CCCC(CC)NCCNC(=O)C(C)C. The molecule has 0 aromatic heterocycles. The first-order chi connectivity index (χ1) is 7.11. The van der Waals surface area contributed by atoms with Gasteiger partial charge in [-0.05, 0) is 12.8 Å². The summed E-state index contributed by atoms with van der Waals surface area (Å²) in [5.41, 5.74) is 0. The fraction of sp³-hybridized carbons (Fsp3) is 0.917. The van der Waals surface area contributed by atoms with E-state index < -0.39 is 0 Å². The molecule has 0 rings (SSSR count). The summed E-state index contributed by atoms with van der Waals surface area (Å²) in [5.74, 6) is 0.225. The highest BCUT2D eigenvalue weighted by atomic mass is 16.1. The molecule has 0 aliphatic rings. The topological polar surface area (TPSA) is 41.1 Å². The molecule has 0 bridgehead atoms. The van der Waals surface area contributed by atoms with Gasteiger partial charge in [-0.15, -0.1) is 0 Å². The number of hydrogen-bond donors (Lipinski definition) is 2. The van der Waals surface area contributed by atoms with Gasteiger partial charge in [-0.1, -0.05) is 34.1 Å². The van der Waals surface area contributed by atoms with Crippen molar-refractivity contribution in [2.75, 3.05) is 13.1 Å². The van der Waals surface area contributed by atoms with Crippen LogP contribution in [0.3, 0.4) is 0 Å². The smallest absolute Gasteiger partial charge is 0.222 e. The lowest BCUT2D eigenvalue weighted by Crippen LogP contribution is -2.38. The fourth-order valence-electron chi connectivity index (χ4n) is 1.47. The van der Waals surface area contributed by atoms with Gasteiger partial charge in [0.2, 0.25) is 5.91 Å². The summed E-state index contributed by atoms with van der Waals surface area (Å²) in [6.45, 7) is 9.82. The molecule has 0 aromatic rings. The van der Waals surface area contributed by atoms with Crippen LogP contribution in [-0.4, -0.2) is 25.0 Å². The third kappa shape index (κ3) is 7.37. The monoisotopic (exact) mass is 214 g/mol. The molecule has 1 unspecified atom stereocenters. The van der Waals surface area contributed by atoms with Crippen LogP contribution in [0.4, 0.5) is 0 Å². The van der Waals surface area contributed by atoms with E-state index in [-0.39, 0.29) is 11.8 Å². The van der Waals surface area contributed by atoms with Crippen LogP contribution in [0.25, 0.3) is 0 Å². The zero-order valence-electron chi connectivity index (χ0n) is 10.6. The van der Waals surface area contributed by atoms with Crippen LogP contribution in [0, 0.1) is 5.92 Å². The Bertz CT molecular complexity index is 169. The number of amides is 1. The maximum absolute atomic E-state index is 11.2. The first-order valence-electron chi connectivity index (χ1n) is 6.12. The summed E-state index contributed by atoms with van der Waals surface area (Å²) in [5, 5.41) is 6.35. The molecule has 0 aliphatic heterocycles. The second-order valence-corrected chi connectivity index (χ2v) is 4.29. The highest BCUT2D eigenvalue weighted by Crippen LogP contribution is 1.99. The van der Waals surface area contributed by atoms with E-state index in [1.165, 1.54) is 12.8 Å². The summed E-state index contributed by atoms with van der Waals surface area (Å²) in [6, 6.07) is 0.603. The van der Waals surface area contributed by atoms with Crippen molar-refractivity contribution in [3.8, 4) is 0 Å². The van der Waals surface area contributed by atoms with Gasteiger partial charge in [0.15, 0.2) is 0 Å². The molecule has 0 spiro atoms. The molecule has 1 amide bonds. The number of hydrogen-bond acceptors (Lipinski definition) is 2. The lowest BCUT2D eigenvalue weighted by atomic mass is 10.1. The van der Waals surface area contributed by atoms with Gasteiger partial charge >= 0.3 is 0 Å². The third-order valence-corrected chi connectivity index (χ3v) is 2.51. The van der Waals surface area contributed by atoms with Crippen LogP contribution in [0.5, 0.6) is 0 Å². The van der Waals surface area contributed by atoms with Gasteiger partial charge < -0.3 is 10.6 Å². The van der Waals surface area contributed by atoms with Crippen LogP contribution < -0.4 is 10.6 Å². The second-order valence-electron chi connectivity index (χ2n) is 4.29. The van der Waals surface area contributed by atoms with Gasteiger partial charge in [-0.3, -0.25) is 4.79 Å². The molecule has 3 heteroatoms. The molecule has 0 aromatic carbocycles. The van der Waals surface area contributed by atoms with Crippen molar-refractivity contribution in [1.82, 2.24) is 10.6 Å². The summed E-state index contributed by atoms with van der Waals surface area (Å²) in [6.07, 6.45) is 3.59. The molecule has 1 atom stereocenters. The van der Waals surface area contributed by atoms with Crippen molar-refractivity contribution >= 4 is 5.91 Å². The van der Waals surface area contributed by atoms with Crippen LogP contribution >= 0.6 is 0 Å². The zero-order valence-corrected chi connectivity index (χ0v) is 10.6. The lowest BCUT2D eigenvalue weighted by Gasteiger charge is -2.16. The Morgan fingerprint density at radius 1 is 1.20 bits per heavy atom. The minimum atomic E-state index is 0.0858. The Hall–Kier alpha value is -0.570. The van der Waals surface area contributed by atoms with E-state index in [1.807, 2.05) is 13.8 Å². The van der Waals surface area contributed by atoms with E-state index in [1.54, 1.807) is 0 Å². The third-order valence-electron chi connectivity index (χ3n) is 2.51. The van der Waals surface area contributed by atoms with Gasteiger partial charge in [-0.25, -0.2) is 0 Å². The van der Waals surface area contributed by atoms with E-state index in [0.29, 0.717) is 6.04 Å². The fourth-order valence-corrected chi connectivity index (χ4v) is 1.47. The molecule has 0 saturated heterocycles. The van der Waals surface area contributed by atoms with Gasteiger partial charge in [0.1, 0.15) is 0 Å². The Kier molecular flexibility index (Phi) is 8.38. The molecule has 0 fully saturated rings. The average molecular weight is 214 g/mol. The quantitative estimate of drug-likeness (QED) is 0.606. The standard InChI is InChI=1S/C12H26N2O/c1-5-7-11(6-2)13-8-9-14-12(15)10(3)4/h10-11,13H,5-9H2,1-4H3,(H,14,15). The molecule has 90 valence electrons. The van der Waals surface area contributed by atoms with E-state index in [4.69, 9.17) is 0 Å². The van der Waals surface area contributed by atoms with Crippen LogP contribution in [0.2, 0.25) is 0 Å². The molecular weight excluding hydrogens is 188 g/mol. The molecule has 0 radical (unpaired) electrons. The highest BCUT2D eigenvalue weighted by Gasteiger charge is 2.06. The predicted octanol–water partition coefficient (Wildman–Crippen LogP) is 1.93. The van der Waals surface area contributed by atoms with Crippen molar-refractivity contribution in [2.45, 2.75) is 53.0 Å². The first kappa shape index (κ1) is 14.4. The summed E-state index contributed by atoms with van der Waals surface area (Å²) < 4.78 is 0. The van der Waals surface area contributed by atoms with Crippen molar-refractivity contribution < 1.29 is 4.79 Å². The van der Waals surface area contributed by atoms with Gasteiger partial charge in [-0.2, -0.15) is 0 Å². The predicted molar refractivity (Wildman–Crippen MR) is 64.8 cm³/mol. The van der Waals surface area contributed by atoms with Gasteiger partial charge in [0, 0.05) is 25.0 Å². The van der Waals surface area contributed by atoms with Gasteiger partial charge in [0.25, 0.3) is 0 Å². The van der Waals surface area contributed by atoms with Crippen LogP contribution in [0.1, 0.15) is 47.0 Å². The van der Waals surface area contributed by atoms with Crippen molar-refractivity contribution in [2.24, 2.45) is 5.92 Å². The Balaban J connectivity index is 3.47. The number of carbonyl (C=O) groups excluding carboxylic acids is 1. The zero-order chi connectivity index (χ0) is 11.7. The van der Waals surface area contributed by atoms with Gasteiger partial charge in [0.05, 0.1) is 0 Å². The van der Waals surface area contributed by atoms with E-state index in [9.17, 15) is 4.79 Å². The number of rotatable bonds is 8. The Morgan fingerprint density at radius 3 is 2.33 bits per heavy atom. The van der Waals surface area contributed by atoms with Crippen LogP contribution in [-0.2, 0) is 4.79 Å². The summed E-state index contributed by atoms with van der Waals surface area (Å²) in [7, 11) is 0. The molecule has 15 heavy (non-hydrogen) atoms. The Labute approximate surface area is 94.0 Å². The van der Waals surface area contributed by atoms with E-state index >= 15 is 0 Å². The summed E-state index contributed by atoms with van der Waals surface area (Å²) >= 11 is 0. The maximum atomic E-state index is 11.2. The minimum Gasteiger partial charge on any atom is -0.355 e. The number of carbonyl (C=O) groups is 1. The first-order valence-corrected chi connectivity index (χ1v) is 6.12. The maximum Gasteiger partial charge on any atom is 0.222 e. The molecule has 0 saturated carbocycles. The normalized spacial score (nSPS) is 12.9. The number of nitrogens with one attached hydrogen (secondary N) is 2.